The first-order chi connectivity index (χ1) is 22.2. The number of carbonyl (C=O) groups excluding carboxylic acids is 2. The first-order valence-corrected chi connectivity index (χ1v) is 18.1. The van der Waals surface area contributed by atoms with Gasteiger partial charge in [0, 0.05) is 70.5 Å². The van der Waals surface area contributed by atoms with Crippen LogP contribution in [0.2, 0.25) is 0 Å². The third-order valence-electron chi connectivity index (χ3n) is 7.94. The van der Waals surface area contributed by atoms with Gasteiger partial charge in [-0.15, -0.1) is 11.3 Å². The summed E-state index contributed by atoms with van der Waals surface area (Å²) in [6.45, 7) is 8.57. The van der Waals surface area contributed by atoms with Crippen molar-refractivity contribution in [3.05, 3.63) is 81.7 Å². The number of fused-ring (bicyclic) bond motifs is 1. The number of benzene rings is 2. The van der Waals surface area contributed by atoms with Crippen LogP contribution in [-0.2, 0) is 39.0 Å². The molecule has 2 amide bonds. The van der Waals surface area contributed by atoms with E-state index in [1.54, 1.807) is 0 Å². The van der Waals surface area contributed by atoms with Crippen molar-refractivity contribution >= 4 is 38.2 Å². The highest BCUT2D eigenvalue weighted by molar-refractivity contribution is 7.89. The fourth-order valence-corrected chi connectivity index (χ4v) is 8.29. The lowest BCUT2D eigenvalue weighted by Gasteiger charge is -2.28. The summed E-state index contributed by atoms with van der Waals surface area (Å²) in [5, 5.41) is 3.57. The lowest BCUT2D eigenvalue weighted by molar-refractivity contribution is 0.0755. The monoisotopic (exact) mass is 670 g/mol. The summed E-state index contributed by atoms with van der Waals surface area (Å²) in [7, 11) is -0.792. The molecule has 46 heavy (non-hydrogen) atoms. The highest BCUT2D eigenvalue weighted by Gasteiger charge is 2.31. The van der Waals surface area contributed by atoms with Crippen molar-refractivity contribution in [2.24, 2.45) is 0 Å². The number of nitrogens with zero attached hydrogens (tertiary/aromatic N) is 3. The van der Waals surface area contributed by atoms with E-state index in [2.05, 4.69) is 36.2 Å². The Morgan fingerprint density at radius 2 is 1.54 bits per heavy atom. The fraction of sp³-hybridized carbons (Fsp3) is 0.471. The number of hydrogen-bond donors (Lipinski definition) is 1. The minimum Gasteiger partial charge on any atom is -0.383 e. The summed E-state index contributed by atoms with van der Waals surface area (Å²) >= 11 is 1.46. The van der Waals surface area contributed by atoms with Crippen LogP contribution in [0.4, 0.5) is 5.00 Å². The molecule has 1 aromatic heterocycles. The van der Waals surface area contributed by atoms with Crippen molar-refractivity contribution in [2.45, 2.75) is 51.1 Å². The molecule has 10 nitrogen and oxygen atoms in total. The average Bonchev–Trinajstić information content (AvgIpc) is 3.41. The molecular formula is C34H46N4O6S2. The van der Waals surface area contributed by atoms with Gasteiger partial charge in [0.15, 0.2) is 0 Å². The van der Waals surface area contributed by atoms with Gasteiger partial charge in [-0.05, 0) is 54.7 Å². The van der Waals surface area contributed by atoms with Crippen molar-refractivity contribution in [1.82, 2.24) is 14.1 Å². The van der Waals surface area contributed by atoms with Gasteiger partial charge < -0.3 is 19.7 Å². The van der Waals surface area contributed by atoms with E-state index < -0.39 is 15.9 Å². The molecule has 1 aliphatic rings. The molecule has 0 radical (unpaired) electrons. The molecule has 0 saturated carbocycles. The lowest BCUT2D eigenvalue weighted by Crippen LogP contribution is -2.36. The number of carbonyl (C=O) groups is 2. The second-order valence-electron chi connectivity index (χ2n) is 11.3. The zero-order valence-corrected chi connectivity index (χ0v) is 28.9. The van der Waals surface area contributed by atoms with Crippen LogP contribution in [0.3, 0.4) is 0 Å². The predicted octanol–water partition coefficient (Wildman–Crippen LogP) is 5.10. The maximum absolute atomic E-state index is 14.0. The quantitative estimate of drug-likeness (QED) is 0.213. The number of amides is 2. The van der Waals surface area contributed by atoms with Gasteiger partial charge in [-0.25, -0.2) is 8.42 Å². The highest BCUT2D eigenvalue weighted by atomic mass is 32.2. The number of rotatable bonds is 17. The summed E-state index contributed by atoms with van der Waals surface area (Å²) in [5.74, 6) is -0.451. The van der Waals surface area contributed by atoms with Crippen molar-refractivity contribution in [3.63, 3.8) is 0 Å². The Labute approximate surface area is 277 Å². The Bertz CT molecular complexity index is 1530. The predicted molar refractivity (Wildman–Crippen MR) is 182 cm³/mol. The Kier molecular flexibility index (Phi) is 13.3. The molecular weight excluding hydrogens is 625 g/mol. The molecule has 2 aromatic carbocycles. The Hall–Kier alpha value is -3.13. The maximum Gasteiger partial charge on any atom is 0.257 e. The minimum absolute atomic E-state index is 0.0540. The van der Waals surface area contributed by atoms with Crippen LogP contribution in [0.25, 0.3) is 0 Å². The van der Waals surface area contributed by atoms with Gasteiger partial charge in [-0.3, -0.25) is 14.5 Å². The number of thiophene rings is 1. The first-order valence-electron chi connectivity index (χ1n) is 15.8. The van der Waals surface area contributed by atoms with Crippen molar-refractivity contribution in [1.29, 1.82) is 0 Å². The fourth-order valence-electron chi connectivity index (χ4n) is 5.60. The maximum atomic E-state index is 14.0. The molecule has 0 bridgehead atoms. The van der Waals surface area contributed by atoms with Crippen LogP contribution in [0.15, 0.2) is 59.5 Å². The first kappa shape index (κ1) is 35.7. The molecule has 0 spiro atoms. The van der Waals surface area contributed by atoms with Gasteiger partial charge >= 0.3 is 0 Å². The summed E-state index contributed by atoms with van der Waals surface area (Å²) in [4.78, 5) is 33.0. The van der Waals surface area contributed by atoms with E-state index in [9.17, 15) is 18.0 Å². The van der Waals surface area contributed by atoms with Gasteiger partial charge in [-0.2, -0.15) is 4.31 Å². The smallest absolute Gasteiger partial charge is 0.257 e. The van der Waals surface area contributed by atoms with Crippen LogP contribution in [0, 0.1) is 0 Å². The summed E-state index contributed by atoms with van der Waals surface area (Å²) in [6.07, 6.45) is 2.40. The van der Waals surface area contributed by atoms with Crippen LogP contribution >= 0.6 is 11.3 Å². The van der Waals surface area contributed by atoms with Crippen LogP contribution in [-0.4, -0.2) is 94.5 Å². The van der Waals surface area contributed by atoms with E-state index in [1.165, 1.54) is 59.7 Å². The van der Waals surface area contributed by atoms with E-state index in [4.69, 9.17) is 9.47 Å². The summed E-state index contributed by atoms with van der Waals surface area (Å²) < 4.78 is 38.2. The van der Waals surface area contributed by atoms with E-state index in [1.807, 2.05) is 23.1 Å². The van der Waals surface area contributed by atoms with E-state index in [0.717, 1.165) is 42.8 Å². The third kappa shape index (κ3) is 8.81. The van der Waals surface area contributed by atoms with Gasteiger partial charge in [-0.1, -0.05) is 44.2 Å². The van der Waals surface area contributed by atoms with Crippen molar-refractivity contribution < 1.29 is 27.5 Å². The number of anilines is 1. The summed E-state index contributed by atoms with van der Waals surface area (Å²) in [5.41, 5.74) is 3.13. The second-order valence-corrected chi connectivity index (χ2v) is 14.4. The zero-order chi connectivity index (χ0) is 33.1. The van der Waals surface area contributed by atoms with Crippen molar-refractivity contribution in [2.75, 3.05) is 65.5 Å². The Morgan fingerprint density at radius 1 is 0.913 bits per heavy atom. The number of ether oxygens (including phenoxy) is 2. The Balaban J connectivity index is 1.59. The van der Waals surface area contributed by atoms with E-state index in [0.29, 0.717) is 35.8 Å². The molecule has 12 heteroatoms. The normalized spacial score (nSPS) is 13.5. The summed E-state index contributed by atoms with van der Waals surface area (Å²) in [6, 6.07) is 16.2. The SMILES string of the molecule is CCCN(CCC)C(=O)c1c(NC(=O)c2ccc(S(=O)(=O)N(CCOC)CCOC)cc2)sc2c1CCN(Cc1ccccc1)C2. The van der Waals surface area contributed by atoms with E-state index >= 15 is 0 Å². The molecule has 4 rings (SSSR count). The van der Waals surface area contributed by atoms with Gasteiger partial charge in [0.05, 0.1) is 23.7 Å². The van der Waals surface area contributed by atoms with Crippen molar-refractivity contribution in [3.8, 4) is 0 Å². The number of hydrogen-bond acceptors (Lipinski definition) is 8. The largest absolute Gasteiger partial charge is 0.383 e. The topological polar surface area (TPSA) is 108 Å². The molecule has 0 saturated heterocycles. The molecule has 2 heterocycles. The number of sulfonamides is 1. The average molecular weight is 671 g/mol. The zero-order valence-electron chi connectivity index (χ0n) is 27.3. The molecule has 3 aromatic rings. The molecule has 0 fully saturated rings. The highest BCUT2D eigenvalue weighted by Crippen LogP contribution is 2.38. The molecule has 0 aliphatic carbocycles. The lowest BCUT2D eigenvalue weighted by atomic mass is 10.0. The molecule has 0 unspecified atom stereocenters. The minimum atomic E-state index is -3.83. The Morgan fingerprint density at radius 3 is 2.13 bits per heavy atom. The molecule has 1 N–H and O–H groups in total. The van der Waals surface area contributed by atoms with Gasteiger partial charge in [0.2, 0.25) is 10.0 Å². The van der Waals surface area contributed by atoms with Gasteiger partial charge in [0.25, 0.3) is 11.8 Å². The van der Waals surface area contributed by atoms with Crippen LogP contribution in [0.5, 0.6) is 0 Å². The number of nitrogens with one attached hydrogen (secondary N) is 1. The molecule has 1 aliphatic heterocycles. The van der Waals surface area contributed by atoms with Gasteiger partial charge in [0.1, 0.15) is 5.00 Å². The second kappa shape index (κ2) is 17.1. The molecule has 250 valence electrons. The van der Waals surface area contributed by atoms with Crippen LogP contribution in [0.1, 0.15) is 63.4 Å². The third-order valence-corrected chi connectivity index (χ3v) is 11.0. The number of methoxy groups -OCH3 is 2. The van der Waals surface area contributed by atoms with Crippen LogP contribution < -0.4 is 5.32 Å². The standard InChI is InChI=1S/C34H46N4O6S2/c1-5-17-37(18-6-2)34(40)31-29-16-19-36(24-26-10-8-7-9-11-26)25-30(29)45-33(31)35-32(39)27-12-14-28(15-13-27)46(41,42)38(20-22-43-3)21-23-44-4/h7-15H,5-6,16-25H2,1-4H3,(H,35,39). The van der Waals surface area contributed by atoms with E-state index in [-0.39, 0.29) is 37.1 Å². The molecule has 0 atom stereocenters.